The Labute approximate surface area is 150 Å². The lowest BCUT2D eigenvalue weighted by molar-refractivity contribution is -0.115. The Morgan fingerprint density at radius 3 is 2.96 bits per heavy atom. The molecule has 0 aliphatic heterocycles. The molecule has 0 saturated heterocycles. The summed E-state index contributed by atoms with van der Waals surface area (Å²) < 4.78 is 1.86. The third-order valence-electron chi connectivity index (χ3n) is 4.29. The fraction of sp³-hybridized carbons (Fsp3) is 0.471. The SMILES string of the molecule is CC(Sc1nnnn1C1CCCCC1)C(=O)Nc1cccc(C#N)c1. The molecule has 3 rings (SSSR count). The maximum Gasteiger partial charge on any atom is 0.237 e. The van der Waals surface area contributed by atoms with Gasteiger partial charge in [-0.1, -0.05) is 37.1 Å². The number of carbonyl (C=O) groups is 1. The molecule has 25 heavy (non-hydrogen) atoms. The van der Waals surface area contributed by atoms with Gasteiger partial charge in [-0.05, 0) is 48.4 Å². The third-order valence-corrected chi connectivity index (χ3v) is 5.34. The standard InChI is InChI=1S/C17H20N6OS/c1-12(16(24)19-14-7-5-6-13(10-14)11-18)25-17-20-21-22-23(17)15-8-3-2-4-9-15/h5-7,10,12,15H,2-4,8-9H2,1H3,(H,19,24). The summed E-state index contributed by atoms with van der Waals surface area (Å²) in [5.41, 5.74) is 1.13. The summed E-state index contributed by atoms with van der Waals surface area (Å²) in [6.07, 6.45) is 5.82. The number of hydrogen-bond acceptors (Lipinski definition) is 6. The summed E-state index contributed by atoms with van der Waals surface area (Å²) in [5, 5.41) is 24.1. The largest absolute Gasteiger partial charge is 0.325 e. The number of anilines is 1. The van der Waals surface area contributed by atoms with Crippen molar-refractivity contribution in [2.45, 2.75) is 55.5 Å². The highest BCUT2D eigenvalue weighted by Gasteiger charge is 2.23. The molecule has 1 fully saturated rings. The molecule has 0 spiro atoms. The van der Waals surface area contributed by atoms with Gasteiger partial charge in [0.15, 0.2) is 0 Å². The van der Waals surface area contributed by atoms with Gasteiger partial charge >= 0.3 is 0 Å². The van der Waals surface area contributed by atoms with E-state index < -0.39 is 0 Å². The van der Waals surface area contributed by atoms with Crippen molar-refractivity contribution < 1.29 is 4.79 Å². The van der Waals surface area contributed by atoms with Crippen LogP contribution in [0.3, 0.4) is 0 Å². The molecule has 1 heterocycles. The number of carbonyl (C=O) groups excluding carboxylic acids is 1. The maximum absolute atomic E-state index is 12.4. The maximum atomic E-state index is 12.4. The van der Waals surface area contributed by atoms with Crippen molar-refractivity contribution in [3.8, 4) is 6.07 Å². The minimum absolute atomic E-state index is 0.140. The predicted molar refractivity (Wildman–Crippen MR) is 95.0 cm³/mol. The lowest BCUT2D eigenvalue weighted by Gasteiger charge is -2.22. The number of tetrazole rings is 1. The van der Waals surface area contributed by atoms with E-state index in [1.165, 1.54) is 31.0 Å². The molecule has 1 aliphatic rings. The topological polar surface area (TPSA) is 96.5 Å². The molecule has 1 aliphatic carbocycles. The predicted octanol–water partition coefficient (Wildman–Crippen LogP) is 3.17. The smallest absolute Gasteiger partial charge is 0.237 e. The third kappa shape index (κ3) is 4.37. The van der Waals surface area contributed by atoms with E-state index in [1.54, 1.807) is 24.3 Å². The number of thioether (sulfide) groups is 1. The molecule has 1 aromatic heterocycles. The van der Waals surface area contributed by atoms with Gasteiger partial charge < -0.3 is 5.32 Å². The first kappa shape index (κ1) is 17.4. The molecule has 1 N–H and O–H groups in total. The van der Waals surface area contributed by atoms with Crippen LogP contribution >= 0.6 is 11.8 Å². The first-order valence-corrected chi connectivity index (χ1v) is 9.31. The molecular weight excluding hydrogens is 336 g/mol. The average molecular weight is 356 g/mol. The van der Waals surface area contributed by atoms with Crippen LogP contribution in [0.15, 0.2) is 29.4 Å². The molecule has 2 aromatic rings. The second kappa shape index (κ2) is 8.12. The van der Waals surface area contributed by atoms with E-state index in [2.05, 4.69) is 26.9 Å². The molecule has 1 unspecified atom stereocenters. The van der Waals surface area contributed by atoms with E-state index in [0.717, 1.165) is 12.8 Å². The Hall–Kier alpha value is -2.40. The first-order chi connectivity index (χ1) is 12.2. The van der Waals surface area contributed by atoms with Crippen LogP contribution in [-0.2, 0) is 4.79 Å². The minimum Gasteiger partial charge on any atom is -0.325 e. The zero-order valence-electron chi connectivity index (χ0n) is 14.1. The second-order valence-corrected chi connectivity index (χ2v) is 7.45. The van der Waals surface area contributed by atoms with Gasteiger partial charge in [0.2, 0.25) is 11.1 Å². The number of amides is 1. The Bertz CT molecular complexity index is 777. The van der Waals surface area contributed by atoms with Crippen LogP contribution in [0.5, 0.6) is 0 Å². The molecule has 7 nitrogen and oxygen atoms in total. The molecule has 1 atom stereocenters. The van der Waals surface area contributed by atoms with Gasteiger partial charge in [0.1, 0.15) is 0 Å². The lowest BCUT2D eigenvalue weighted by Crippen LogP contribution is -2.23. The monoisotopic (exact) mass is 356 g/mol. The van der Waals surface area contributed by atoms with Crippen molar-refractivity contribution >= 4 is 23.4 Å². The Morgan fingerprint density at radius 1 is 1.40 bits per heavy atom. The number of nitriles is 1. The highest BCUT2D eigenvalue weighted by Crippen LogP contribution is 2.31. The van der Waals surface area contributed by atoms with Gasteiger partial charge in [0.25, 0.3) is 0 Å². The van der Waals surface area contributed by atoms with Gasteiger partial charge in [-0.15, -0.1) is 5.10 Å². The molecular formula is C17H20N6OS. The second-order valence-electron chi connectivity index (χ2n) is 6.14. The van der Waals surface area contributed by atoms with E-state index in [-0.39, 0.29) is 11.2 Å². The number of benzene rings is 1. The van der Waals surface area contributed by atoms with Gasteiger partial charge in [0, 0.05) is 5.69 Å². The molecule has 130 valence electrons. The average Bonchev–Trinajstić information content (AvgIpc) is 3.10. The van der Waals surface area contributed by atoms with Crippen molar-refractivity contribution in [3.05, 3.63) is 29.8 Å². The van der Waals surface area contributed by atoms with Crippen molar-refractivity contribution in [2.24, 2.45) is 0 Å². The Morgan fingerprint density at radius 2 is 2.20 bits per heavy atom. The zero-order valence-corrected chi connectivity index (χ0v) is 14.9. The fourth-order valence-corrected chi connectivity index (χ4v) is 3.80. The van der Waals surface area contributed by atoms with Crippen molar-refractivity contribution in [1.29, 1.82) is 5.26 Å². The van der Waals surface area contributed by atoms with Crippen molar-refractivity contribution in [1.82, 2.24) is 20.2 Å². The minimum atomic E-state index is -0.348. The highest BCUT2D eigenvalue weighted by atomic mass is 32.2. The number of nitrogens with one attached hydrogen (secondary N) is 1. The summed E-state index contributed by atoms with van der Waals surface area (Å²) in [6.45, 7) is 1.83. The normalized spacial score (nSPS) is 16.2. The van der Waals surface area contributed by atoms with Gasteiger partial charge in [-0.3, -0.25) is 4.79 Å². The van der Waals surface area contributed by atoms with Crippen LogP contribution in [0.1, 0.15) is 50.6 Å². The summed E-state index contributed by atoms with van der Waals surface area (Å²) in [6, 6.07) is 9.26. The van der Waals surface area contributed by atoms with Crippen LogP contribution in [0, 0.1) is 11.3 Å². The lowest BCUT2D eigenvalue weighted by atomic mass is 9.96. The van der Waals surface area contributed by atoms with Crippen LogP contribution in [0.4, 0.5) is 5.69 Å². The number of nitrogens with zero attached hydrogens (tertiary/aromatic N) is 5. The zero-order chi connectivity index (χ0) is 17.6. The molecule has 0 bridgehead atoms. The first-order valence-electron chi connectivity index (χ1n) is 8.43. The van der Waals surface area contributed by atoms with Crippen molar-refractivity contribution in [2.75, 3.05) is 5.32 Å². The summed E-state index contributed by atoms with van der Waals surface area (Å²) >= 11 is 1.36. The van der Waals surface area contributed by atoms with E-state index in [0.29, 0.717) is 22.4 Å². The van der Waals surface area contributed by atoms with E-state index in [1.807, 2.05) is 11.6 Å². The molecule has 1 amide bonds. The Balaban J connectivity index is 1.64. The number of rotatable bonds is 5. The van der Waals surface area contributed by atoms with Crippen LogP contribution in [0.25, 0.3) is 0 Å². The van der Waals surface area contributed by atoms with Crippen LogP contribution in [-0.4, -0.2) is 31.4 Å². The Kier molecular flexibility index (Phi) is 5.66. The van der Waals surface area contributed by atoms with E-state index >= 15 is 0 Å². The fourth-order valence-electron chi connectivity index (χ4n) is 2.94. The summed E-state index contributed by atoms with van der Waals surface area (Å²) in [4.78, 5) is 12.4. The summed E-state index contributed by atoms with van der Waals surface area (Å²) in [5.74, 6) is -0.140. The molecule has 8 heteroatoms. The number of hydrogen-bond donors (Lipinski definition) is 1. The van der Waals surface area contributed by atoms with Gasteiger partial charge in [0.05, 0.1) is 22.9 Å². The van der Waals surface area contributed by atoms with Gasteiger partial charge in [-0.25, -0.2) is 4.68 Å². The van der Waals surface area contributed by atoms with Crippen LogP contribution < -0.4 is 5.32 Å². The molecule has 0 radical (unpaired) electrons. The van der Waals surface area contributed by atoms with Crippen molar-refractivity contribution in [3.63, 3.8) is 0 Å². The van der Waals surface area contributed by atoms with E-state index in [9.17, 15) is 4.79 Å². The highest BCUT2D eigenvalue weighted by molar-refractivity contribution is 8.00. The summed E-state index contributed by atoms with van der Waals surface area (Å²) in [7, 11) is 0. The molecule has 1 saturated carbocycles. The van der Waals surface area contributed by atoms with Crippen LogP contribution in [0.2, 0.25) is 0 Å². The number of aromatic nitrogens is 4. The molecule has 1 aromatic carbocycles. The van der Waals surface area contributed by atoms with Gasteiger partial charge in [-0.2, -0.15) is 5.26 Å². The quantitative estimate of drug-likeness (QED) is 0.827. The van der Waals surface area contributed by atoms with E-state index in [4.69, 9.17) is 5.26 Å².